The maximum atomic E-state index is 12.9. The van der Waals surface area contributed by atoms with E-state index >= 15 is 0 Å². The number of piperazine rings is 1. The van der Waals surface area contributed by atoms with Crippen molar-refractivity contribution in [2.24, 2.45) is 0 Å². The van der Waals surface area contributed by atoms with Crippen LogP contribution >= 0.6 is 0 Å². The number of aromatic nitrogens is 4. The molecule has 3 aromatic rings. The zero-order valence-corrected chi connectivity index (χ0v) is 16.5. The molecule has 1 aliphatic heterocycles. The van der Waals surface area contributed by atoms with Gasteiger partial charge in [-0.25, -0.2) is 0 Å². The molecule has 28 heavy (non-hydrogen) atoms. The van der Waals surface area contributed by atoms with Crippen molar-refractivity contribution in [2.45, 2.75) is 20.8 Å². The van der Waals surface area contributed by atoms with Gasteiger partial charge in [0, 0.05) is 37.4 Å². The third kappa shape index (κ3) is 3.47. The highest BCUT2D eigenvalue weighted by Crippen LogP contribution is 2.23. The quantitative estimate of drug-likeness (QED) is 0.703. The van der Waals surface area contributed by atoms with E-state index < -0.39 is 0 Å². The minimum Gasteiger partial charge on any atom is -0.368 e. The molecule has 1 saturated heterocycles. The number of hydrogen-bond donors (Lipinski definition) is 0. The van der Waals surface area contributed by atoms with Crippen LogP contribution in [0.25, 0.3) is 5.69 Å². The van der Waals surface area contributed by atoms with Crippen LogP contribution in [-0.2, 0) is 0 Å². The second-order valence-corrected chi connectivity index (χ2v) is 7.25. The van der Waals surface area contributed by atoms with E-state index in [1.54, 1.807) is 4.68 Å². The molecule has 0 N–H and O–H groups in total. The van der Waals surface area contributed by atoms with Crippen molar-refractivity contribution in [3.05, 3.63) is 65.0 Å². The highest BCUT2D eigenvalue weighted by atomic mass is 16.2. The van der Waals surface area contributed by atoms with Crippen LogP contribution in [0.1, 0.15) is 27.3 Å². The SMILES string of the molecule is Cc1ccc(N2CCN(C(=O)c3ccc(-n4nnnc4C)cc3)CC2)c(C)c1. The zero-order chi connectivity index (χ0) is 19.7. The molecule has 0 atom stereocenters. The lowest BCUT2D eigenvalue weighted by Gasteiger charge is -2.37. The first-order chi connectivity index (χ1) is 13.5. The van der Waals surface area contributed by atoms with Gasteiger partial charge in [-0.05, 0) is 67.1 Å². The second kappa shape index (κ2) is 7.42. The summed E-state index contributed by atoms with van der Waals surface area (Å²) in [5, 5.41) is 11.5. The standard InChI is InChI=1S/C21H24N6O/c1-15-4-9-20(16(2)14-15)25-10-12-26(13-11-25)21(28)18-5-7-19(8-6-18)27-17(3)22-23-24-27/h4-9,14H,10-13H2,1-3H3. The van der Waals surface area contributed by atoms with Crippen LogP contribution in [0.2, 0.25) is 0 Å². The Labute approximate surface area is 164 Å². The van der Waals surface area contributed by atoms with Gasteiger partial charge in [0.15, 0.2) is 5.82 Å². The van der Waals surface area contributed by atoms with E-state index in [1.807, 2.05) is 36.1 Å². The molecule has 7 nitrogen and oxygen atoms in total. The lowest BCUT2D eigenvalue weighted by atomic mass is 10.1. The average molecular weight is 376 g/mol. The summed E-state index contributed by atoms with van der Waals surface area (Å²) in [6.07, 6.45) is 0. The number of benzene rings is 2. The Hall–Kier alpha value is -3.22. The van der Waals surface area contributed by atoms with Gasteiger partial charge in [-0.15, -0.1) is 5.10 Å². The third-order valence-corrected chi connectivity index (χ3v) is 5.24. The molecular formula is C21H24N6O. The normalized spacial score (nSPS) is 14.4. The summed E-state index contributed by atoms with van der Waals surface area (Å²) >= 11 is 0. The molecule has 7 heteroatoms. The number of hydrogen-bond acceptors (Lipinski definition) is 5. The predicted octanol–water partition coefficient (Wildman–Crippen LogP) is 2.55. The number of nitrogens with zero attached hydrogens (tertiary/aromatic N) is 6. The Balaban J connectivity index is 1.42. The molecule has 0 spiro atoms. The van der Waals surface area contributed by atoms with Crippen molar-refractivity contribution in [1.82, 2.24) is 25.1 Å². The summed E-state index contributed by atoms with van der Waals surface area (Å²) in [5.41, 5.74) is 5.36. The number of carbonyl (C=O) groups is 1. The number of tetrazole rings is 1. The van der Waals surface area contributed by atoms with Crippen molar-refractivity contribution in [3.8, 4) is 5.69 Å². The van der Waals surface area contributed by atoms with Gasteiger partial charge in [0.25, 0.3) is 5.91 Å². The molecule has 0 aliphatic carbocycles. The molecule has 144 valence electrons. The third-order valence-electron chi connectivity index (χ3n) is 5.24. The van der Waals surface area contributed by atoms with Crippen LogP contribution in [0.5, 0.6) is 0 Å². The van der Waals surface area contributed by atoms with Crippen molar-refractivity contribution >= 4 is 11.6 Å². The highest BCUT2D eigenvalue weighted by Gasteiger charge is 2.23. The zero-order valence-electron chi connectivity index (χ0n) is 16.5. The topological polar surface area (TPSA) is 67.2 Å². The molecule has 1 aliphatic rings. The smallest absolute Gasteiger partial charge is 0.253 e. The average Bonchev–Trinajstić information content (AvgIpc) is 3.14. The molecule has 0 radical (unpaired) electrons. The van der Waals surface area contributed by atoms with Crippen LogP contribution < -0.4 is 4.90 Å². The molecule has 0 unspecified atom stereocenters. The van der Waals surface area contributed by atoms with Crippen LogP contribution in [0.15, 0.2) is 42.5 Å². The number of aryl methyl sites for hydroxylation is 3. The maximum absolute atomic E-state index is 12.9. The Morgan fingerprint density at radius 2 is 1.64 bits per heavy atom. The van der Waals surface area contributed by atoms with Crippen molar-refractivity contribution in [3.63, 3.8) is 0 Å². The minimum atomic E-state index is 0.0697. The molecule has 0 bridgehead atoms. The summed E-state index contributed by atoms with van der Waals surface area (Å²) in [4.78, 5) is 17.2. The fourth-order valence-corrected chi connectivity index (χ4v) is 3.71. The van der Waals surface area contributed by atoms with Gasteiger partial charge in [0.05, 0.1) is 5.69 Å². The lowest BCUT2D eigenvalue weighted by molar-refractivity contribution is 0.0747. The number of rotatable bonds is 3. The van der Waals surface area contributed by atoms with E-state index in [0.717, 1.165) is 31.9 Å². The predicted molar refractivity (Wildman–Crippen MR) is 108 cm³/mol. The van der Waals surface area contributed by atoms with Gasteiger partial charge in [-0.3, -0.25) is 4.79 Å². The summed E-state index contributed by atoms with van der Waals surface area (Å²) in [7, 11) is 0. The van der Waals surface area contributed by atoms with Crippen molar-refractivity contribution in [2.75, 3.05) is 31.1 Å². The lowest BCUT2D eigenvalue weighted by Crippen LogP contribution is -2.49. The molecule has 1 amide bonds. The number of carbonyl (C=O) groups excluding carboxylic acids is 1. The molecular weight excluding hydrogens is 352 g/mol. The molecule has 2 heterocycles. The summed E-state index contributed by atoms with van der Waals surface area (Å²) in [5.74, 6) is 0.780. The number of amides is 1. The Bertz CT molecular complexity index is 986. The van der Waals surface area contributed by atoms with Gasteiger partial charge >= 0.3 is 0 Å². The van der Waals surface area contributed by atoms with E-state index in [1.165, 1.54) is 16.8 Å². The first-order valence-corrected chi connectivity index (χ1v) is 9.50. The monoisotopic (exact) mass is 376 g/mol. The molecule has 2 aromatic carbocycles. The molecule has 1 aromatic heterocycles. The minimum absolute atomic E-state index is 0.0697. The summed E-state index contributed by atoms with van der Waals surface area (Å²) in [6.45, 7) is 9.23. The van der Waals surface area contributed by atoms with Crippen LogP contribution in [0.3, 0.4) is 0 Å². The Morgan fingerprint density at radius 3 is 2.25 bits per heavy atom. The summed E-state index contributed by atoms with van der Waals surface area (Å²) < 4.78 is 1.65. The van der Waals surface area contributed by atoms with Crippen molar-refractivity contribution in [1.29, 1.82) is 0 Å². The fraction of sp³-hybridized carbons (Fsp3) is 0.333. The molecule has 1 fully saturated rings. The van der Waals surface area contributed by atoms with Crippen molar-refractivity contribution < 1.29 is 4.79 Å². The van der Waals surface area contributed by atoms with E-state index in [0.29, 0.717) is 11.4 Å². The molecule has 4 rings (SSSR count). The van der Waals surface area contributed by atoms with Gasteiger partial charge in [0.2, 0.25) is 0 Å². The maximum Gasteiger partial charge on any atom is 0.253 e. The Kier molecular flexibility index (Phi) is 4.81. The van der Waals surface area contributed by atoms with Crippen LogP contribution in [0.4, 0.5) is 5.69 Å². The van der Waals surface area contributed by atoms with Gasteiger partial charge in [-0.1, -0.05) is 17.7 Å². The van der Waals surface area contributed by atoms with E-state index in [9.17, 15) is 4.79 Å². The first kappa shape index (κ1) is 18.2. The largest absolute Gasteiger partial charge is 0.368 e. The summed E-state index contributed by atoms with van der Waals surface area (Å²) in [6, 6.07) is 14.0. The van der Waals surface area contributed by atoms with E-state index in [-0.39, 0.29) is 5.91 Å². The fourth-order valence-electron chi connectivity index (χ4n) is 3.71. The van der Waals surface area contributed by atoms with E-state index in [2.05, 4.69) is 52.5 Å². The van der Waals surface area contributed by atoms with Gasteiger partial charge in [0.1, 0.15) is 0 Å². The molecule has 0 saturated carbocycles. The highest BCUT2D eigenvalue weighted by molar-refractivity contribution is 5.94. The number of anilines is 1. The second-order valence-electron chi connectivity index (χ2n) is 7.25. The van der Waals surface area contributed by atoms with Gasteiger partial charge < -0.3 is 9.80 Å². The van der Waals surface area contributed by atoms with Crippen LogP contribution in [-0.4, -0.2) is 57.2 Å². The first-order valence-electron chi connectivity index (χ1n) is 9.50. The Morgan fingerprint density at radius 1 is 0.929 bits per heavy atom. The van der Waals surface area contributed by atoms with Crippen LogP contribution in [0, 0.1) is 20.8 Å². The van der Waals surface area contributed by atoms with E-state index in [4.69, 9.17) is 0 Å². The van der Waals surface area contributed by atoms with Gasteiger partial charge in [-0.2, -0.15) is 4.68 Å².